The molecule has 1 atom stereocenters. The van der Waals surface area contributed by atoms with E-state index < -0.39 is 4.92 Å². The lowest BCUT2D eigenvalue weighted by atomic mass is 10.1. The summed E-state index contributed by atoms with van der Waals surface area (Å²) in [5, 5.41) is 9.71. The maximum atomic E-state index is 9.89. The van der Waals surface area contributed by atoms with Crippen LogP contribution in [0.5, 0.6) is 0 Å². The van der Waals surface area contributed by atoms with Gasteiger partial charge in [0.15, 0.2) is 0 Å². The van der Waals surface area contributed by atoms with Gasteiger partial charge >= 0.3 is 0 Å². The van der Waals surface area contributed by atoms with Crippen molar-refractivity contribution in [2.75, 3.05) is 6.54 Å². The van der Waals surface area contributed by atoms with Gasteiger partial charge in [-0.1, -0.05) is 6.92 Å². The number of hydrogen-bond acceptors (Lipinski definition) is 3. The summed E-state index contributed by atoms with van der Waals surface area (Å²) in [5.41, 5.74) is 0. The van der Waals surface area contributed by atoms with Gasteiger partial charge in [-0.25, -0.2) is 0 Å². The number of nitrogens with zero attached hydrogens (tertiary/aromatic N) is 1. The lowest BCUT2D eigenvalue weighted by Gasteiger charge is -1.95. The first kappa shape index (κ1) is 8.07. The first-order valence-corrected chi connectivity index (χ1v) is 2.74. The lowest BCUT2D eigenvalue weighted by molar-refractivity contribution is -0.481. The minimum atomic E-state index is -0.417. The zero-order valence-corrected chi connectivity index (χ0v) is 5.24. The van der Waals surface area contributed by atoms with E-state index in [0.29, 0.717) is 6.42 Å². The van der Waals surface area contributed by atoms with E-state index in [0.717, 1.165) is 6.29 Å². The van der Waals surface area contributed by atoms with E-state index in [4.69, 9.17) is 0 Å². The molecule has 0 aromatic carbocycles. The van der Waals surface area contributed by atoms with Crippen molar-refractivity contribution < 1.29 is 9.72 Å². The highest BCUT2D eigenvalue weighted by Crippen LogP contribution is 1.95. The van der Waals surface area contributed by atoms with Crippen molar-refractivity contribution in [2.45, 2.75) is 13.3 Å². The summed E-state index contributed by atoms with van der Waals surface area (Å²) in [6.45, 7) is 1.55. The van der Waals surface area contributed by atoms with Crippen LogP contribution in [0.4, 0.5) is 0 Å². The molecule has 52 valence electrons. The monoisotopic (exact) mass is 131 g/mol. The Morgan fingerprint density at radius 1 is 1.78 bits per heavy atom. The van der Waals surface area contributed by atoms with E-state index in [1.165, 1.54) is 0 Å². The molecule has 0 heterocycles. The number of carbonyl (C=O) groups is 1. The summed E-state index contributed by atoms with van der Waals surface area (Å²) in [4.78, 5) is 19.2. The molecule has 9 heavy (non-hydrogen) atoms. The Balaban J connectivity index is 3.26. The van der Waals surface area contributed by atoms with Crippen LogP contribution in [0.2, 0.25) is 0 Å². The topological polar surface area (TPSA) is 60.2 Å². The molecular weight excluding hydrogens is 122 g/mol. The second kappa shape index (κ2) is 4.00. The molecule has 4 nitrogen and oxygen atoms in total. The highest BCUT2D eigenvalue weighted by Gasteiger charge is 2.03. The van der Waals surface area contributed by atoms with Crippen LogP contribution in [0, 0.1) is 16.0 Å². The normalized spacial score (nSPS) is 12.6. The van der Waals surface area contributed by atoms with E-state index in [9.17, 15) is 14.9 Å². The minimum absolute atomic E-state index is 0.111. The summed E-state index contributed by atoms with van der Waals surface area (Å²) in [7, 11) is 0. The first-order chi connectivity index (χ1) is 4.16. The maximum absolute atomic E-state index is 9.89. The molecule has 0 bridgehead atoms. The van der Waals surface area contributed by atoms with Gasteiger partial charge in [0.1, 0.15) is 6.29 Å². The Kier molecular flexibility index (Phi) is 3.59. The molecule has 0 rings (SSSR count). The van der Waals surface area contributed by atoms with Crippen LogP contribution in [0.3, 0.4) is 0 Å². The molecule has 0 fully saturated rings. The van der Waals surface area contributed by atoms with Crippen LogP contribution in [0.25, 0.3) is 0 Å². The summed E-state index contributed by atoms with van der Waals surface area (Å²) in [5.74, 6) is -0.185. The smallest absolute Gasteiger partial charge is 0.204 e. The Hall–Kier alpha value is -0.930. The molecule has 0 amide bonds. The number of rotatable bonds is 4. The average Bonchev–Trinajstić information content (AvgIpc) is 1.83. The Bertz CT molecular complexity index is 113. The van der Waals surface area contributed by atoms with Gasteiger partial charge in [0.05, 0.1) is 0 Å². The summed E-state index contributed by atoms with van der Waals surface area (Å²) in [6, 6.07) is 0. The van der Waals surface area contributed by atoms with Gasteiger partial charge in [-0.15, -0.1) is 0 Å². The minimum Gasteiger partial charge on any atom is -0.303 e. The average molecular weight is 131 g/mol. The molecule has 0 unspecified atom stereocenters. The van der Waals surface area contributed by atoms with Crippen molar-refractivity contribution in [1.82, 2.24) is 0 Å². The van der Waals surface area contributed by atoms with Crippen molar-refractivity contribution >= 4 is 6.29 Å². The number of carbonyl (C=O) groups excluding carboxylic acids is 1. The Morgan fingerprint density at radius 3 is 2.67 bits per heavy atom. The molecule has 4 heteroatoms. The van der Waals surface area contributed by atoms with Gasteiger partial charge in [0, 0.05) is 17.3 Å². The Labute approximate surface area is 53.0 Å². The second-order valence-corrected chi connectivity index (χ2v) is 1.96. The predicted molar refractivity (Wildman–Crippen MR) is 31.7 cm³/mol. The largest absolute Gasteiger partial charge is 0.303 e. The van der Waals surface area contributed by atoms with Gasteiger partial charge in [-0.3, -0.25) is 10.1 Å². The van der Waals surface area contributed by atoms with E-state index in [-0.39, 0.29) is 12.5 Å². The number of nitro groups is 1. The molecule has 0 saturated carbocycles. The van der Waals surface area contributed by atoms with Gasteiger partial charge in [0.25, 0.3) is 0 Å². The van der Waals surface area contributed by atoms with Crippen molar-refractivity contribution in [1.29, 1.82) is 0 Å². The summed E-state index contributed by atoms with van der Waals surface area (Å²) < 4.78 is 0. The number of hydrogen-bond donors (Lipinski definition) is 0. The third kappa shape index (κ3) is 4.93. The van der Waals surface area contributed by atoms with E-state index >= 15 is 0 Å². The highest BCUT2D eigenvalue weighted by atomic mass is 16.6. The van der Waals surface area contributed by atoms with Crippen molar-refractivity contribution in [2.24, 2.45) is 5.92 Å². The fourth-order valence-electron chi connectivity index (χ4n) is 0.377. The molecular formula is C5H9NO3. The van der Waals surface area contributed by atoms with Gasteiger partial charge in [0.2, 0.25) is 6.54 Å². The fourth-order valence-corrected chi connectivity index (χ4v) is 0.377. The van der Waals surface area contributed by atoms with Crippen LogP contribution >= 0.6 is 0 Å². The highest BCUT2D eigenvalue weighted by molar-refractivity contribution is 5.52. The fraction of sp³-hybridized carbons (Fsp3) is 0.800. The van der Waals surface area contributed by atoms with E-state index in [1.54, 1.807) is 6.92 Å². The molecule has 0 aromatic heterocycles. The van der Waals surface area contributed by atoms with Crippen LogP contribution in [-0.4, -0.2) is 17.8 Å². The maximum Gasteiger partial charge on any atom is 0.204 e. The quantitative estimate of drug-likeness (QED) is 0.317. The lowest BCUT2D eigenvalue weighted by Crippen LogP contribution is -2.06. The standard InChI is InChI=1S/C5H9NO3/c1-5(4-7)2-3-6(8)9/h4-5H,2-3H2,1H3/t5-/m0/s1. The zero-order valence-electron chi connectivity index (χ0n) is 5.24. The van der Waals surface area contributed by atoms with E-state index in [1.807, 2.05) is 0 Å². The third-order valence-corrected chi connectivity index (χ3v) is 0.999. The molecule has 0 N–H and O–H groups in total. The molecule has 0 aromatic rings. The van der Waals surface area contributed by atoms with Crippen molar-refractivity contribution in [3.8, 4) is 0 Å². The first-order valence-electron chi connectivity index (χ1n) is 2.74. The van der Waals surface area contributed by atoms with E-state index in [2.05, 4.69) is 0 Å². The van der Waals surface area contributed by atoms with Crippen LogP contribution in [0.1, 0.15) is 13.3 Å². The summed E-state index contributed by atoms with van der Waals surface area (Å²) >= 11 is 0. The molecule has 0 saturated heterocycles. The summed E-state index contributed by atoms with van der Waals surface area (Å²) in [6.07, 6.45) is 1.07. The molecule has 0 aliphatic heterocycles. The Morgan fingerprint density at radius 2 is 2.33 bits per heavy atom. The van der Waals surface area contributed by atoms with Crippen LogP contribution in [0.15, 0.2) is 0 Å². The van der Waals surface area contributed by atoms with Gasteiger partial charge in [-0.05, 0) is 0 Å². The predicted octanol–water partition coefficient (Wildman–Crippen LogP) is 0.488. The van der Waals surface area contributed by atoms with Gasteiger partial charge in [-0.2, -0.15) is 0 Å². The molecule has 0 spiro atoms. The van der Waals surface area contributed by atoms with Crippen LogP contribution in [-0.2, 0) is 4.79 Å². The molecule has 0 aliphatic carbocycles. The third-order valence-electron chi connectivity index (χ3n) is 0.999. The second-order valence-electron chi connectivity index (χ2n) is 1.96. The molecule has 0 aliphatic rings. The molecule has 0 radical (unpaired) electrons. The SMILES string of the molecule is C[C@H](C=O)CC[N+](=O)[O-]. The zero-order chi connectivity index (χ0) is 7.28. The van der Waals surface area contributed by atoms with Crippen molar-refractivity contribution in [3.63, 3.8) is 0 Å². The van der Waals surface area contributed by atoms with Gasteiger partial charge < -0.3 is 4.79 Å². The van der Waals surface area contributed by atoms with Crippen LogP contribution < -0.4 is 0 Å². The number of aldehydes is 1. The van der Waals surface area contributed by atoms with Crippen molar-refractivity contribution in [3.05, 3.63) is 10.1 Å².